The van der Waals surface area contributed by atoms with E-state index in [1.54, 1.807) is 12.1 Å². The number of fused-ring (bicyclic) bond motifs is 3. The molecule has 0 saturated carbocycles. The summed E-state index contributed by atoms with van der Waals surface area (Å²) in [4.78, 5) is 38.6. The maximum Gasteiger partial charge on any atom is 0.423 e. The molecule has 4 atom stereocenters. The highest BCUT2D eigenvalue weighted by Gasteiger charge is 2.58. The molecule has 2 heterocycles. The molecule has 2 fully saturated rings. The van der Waals surface area contributed by atoms with Gasteiger partial charge in [-0.05, 0) is 43.7 Å². The first-order valence-corrected chi connectivity index (χ1v) is 11.7. The fourth-order valence-corrected chi connectivity index (χ4v) is 5.58. The molecule has 0 spiro atoms. The van der Waals surface area contributed by atoms with E-state index in [0.717, 1.165) is 36.8 Å². The highest BCUT2D eigenvalue weighted by molar-refractivity contribution is 6.16. The Morgan fingerprint density at radius 1 is 1.21 bits per heavy atom. The molecule has 7 nitrogen and oxygen atoms in total. The molecule has 0 unspecified atom stereocenters. The molecule has 0 aromatic heterocycles. The van der Waals surface area contributed by atoms with Crippen LogP contribution in [0.15, 0.2) is 41.0 Å². The predicted molar refractivity (Wildman–Crippen MR) is 122 cm³/mol. The monoisotopic (exact) mass is 453 g/mol. The van der Waals surface area contributed by atoms with Gasteiger partial charge >= 0.3 is 6.09 Å². The lowest BCUT2D eigenvalue weighted by Crippen LogP contribution is -2.38. The molecule has 1 N–H and O–H groups in total. The summed E-state index contributed by atoms with van der Waals surface area (Å²) in [5.74, 6) is -1.92. The number of allylic oxidation sites excluding steroid dienone is 2. The van der Waals surface area contributed by atoms with E-state index < -0.39 is 29.7 Å². The second-order valence-electron chi connectivity index (χ2n) is 8.91. The number of phenols is 1. The van der Waals surface area contributed by atoms with Gasteiger partial charge in [-0.3, -0.25) is 9.59 Å². The van der Waals surface area contributed by atoms with Gasteiger partial charge in [0.1, 0.15) is 5.75 Å². The highest BCUT2D eigenvalue weighted by Crippen LogP contribution is 2.50. The van der Waals surface area contributed by atoms with E-state index in [-0.39, 0.29) is 17.8 Å². The van der Waals surface area contributed by atoms with Crippen molar-refractivity contribution in [1.29, 1.82) is 0 Å². The second-order valence-corrected chi connectivity index (χ2v) is 8.91. The molecule has 0 bridgehead atoms. The van der Waals surface area contributed by atoms with Gasteiger partial charge in [-0.2, -0.15) is 4.90 Å². The molecule has 3 amide bonds. The lowest BCUT2D eigenvalue weighted by Gasteiger charge is -2.31. The number of phenolic OH excluding ortho intramolecular Hbond substituents is 1. The average Bonchev–Trinajstić information content (AvgIpc) is 3.35. The standard InChI is InChI=1S/C26H31NO6/c1-4-15(12-17-8-6-7-9-20(17)28)10-11-21-22-16(5-2)13-18-23(19(22)14-33-21)25(30)27(24(18)29)26(31)32-3/h6-9,12,18-19,21,23,28H,4-5,10-11,13-14H2,1-3H3/b15-12+/t18-,19+,21-,23-/m1/s1. The van der Waals surface area contributed by atoms with Crippen LogP contribution in [0.3, 0.4) is 0 Å². The number of aromatic hydroxyl groups is 1. The fourth-order valence-electron chi connectivity index (χ4n) is 5.58. The van der Waals surface area contributed by atoms with Gasteiger partial charge in [0.2, 0.25) is 11.8 Å². The molecule has 7 heteroatoms. The van der Waals surface area contributed by atoms with Crippen LogP contribution in [-0.2, 0) is 19.1 Å². The first-order valence-electron chi connectivity index (χ1n) is 11.7. The molecular formula is C26H31NO6. The van der Waals surface area contributed by atoms with Gasteiger partial charge in [-0.1, -0.05) is 49.3 Å². The van der Waals surface area contributed by atoms with Crippen molar-refractivity contribution in [2.24, 2.45) is 17.8 Å². The van der Waals surface area contributed by atoms with Crippen LogP contribution >= 0.6 is 0 Å². The van der Waals surface area contributed by atoms with Crippen LogP contribution in [0.25, 0.3) is 6.08 Å². The number of likely N-dealkylation sites (tertiary alicyclic amines) is 1. The number of methoxy groups -OCH3 is 1. The minimum absolute atomic E-state index is 0.111. The Morgan fingerprint density at radius 2 is 1.97 bits per heavy atom. The molecule has 1 aliphatic carbocycles. The fraction of sp³-hybridized carbons (Fsp3) is 0.500. The second kappa shape index (κ2) is 9.51. The van der Waals surface area contributed by atoms with Crippen molar-refractivity contribution < 1.29 is 29.0 Å². The van der Waals surface area contributed by atoms with Crippen molar-refractivity contribution in [3.63, 3.8) is 0 Å². The molecule has 176 valence electrons. The molecule has 2 saturated heterocycles. The van der Waals surface area contributed by atoms with Crippen molar-refractivity contribution in [3.05, 3.63) is 46.5 Å². The molecular weight excluding hydrogens is 422 g/mol. The number of hydrogen-bond acceptors (Lipinski definition) is 6. The summed E-state index contributed by atoms with van der Waals surface area (Å²) < 4.78 is 10.9. The Morgan fingerprint density at radius 3 is 2.64 bits per heavy atom. The topological polar surface area (TPSA) is 93.1 Å². The van der Waals surface area contributed by atoms with Gasteiger partial charge < -0.3 is 14.6 Å². The van der Waals surface area contributed by atoms with E-state index in [2.05, 4.69) is 18.6 Å². The molecule has 1 aromatic rings. The van der Waals surface area contributed by atoms with E-state index in [1.807, 2.05) is 18.2 Å². The molecule has 1 aromatic carbocycles. The van der Waals surface area contributed by atoms with Crippen LogP contribution in [0.2, 0.25) is 0 Å². The maximum absolute atomic E-state index is 13.0. The zero-order valence-corrected chi connectivity index (χ0v) is 19.4. The number of carbonyl (C=O) groups is 3. The van der Waals surface area contributed by atoms with Gasteiger partial charge in [0, 0.05) is 11.5 Å². The number of para-hydroxylation sites is 1. The van der Waals surface area contributed by atoms with E-state index in [0.29, 0.717) is 17.9 Å². The Balaban J connectivity index is 1.55. The molecule has 3 aliphatic rings. The molecule has 0 radical (unpaired) electrons. The lowest BCUT2D eigenvalue weighted by atomic mass is 9.69. The third-order valence-corrected chi connectivity index (χ3v) is 7.27. The first kappa shape index (κ1) is 23.2. The van der Waals surface area contributed by atoms with Crippen molar-refractivity contribution in [1.82, 2.24) is 4.90 Å². The lowest BCUT2D eigenvalue weighted by molar-refractivity contribution is -0.137. The predicted octanol–water partition coefficient (Wildman–Crippen LogP) is 4.46. The van der Waals surface area contributed by atoms with Crippen LogP contribution in [-0.4, -0.2) is 47.7 Å². The largest absolute Gasteiger partial charge is 0.507 e. The third kappa shape index (κ3) is 4.10. The number of hydrogen-bond donors (Lipinski definition) is 1. The van der Waals surface area contributed by atoms with Gasteiger partial charge in [0.25, 0.3) is 0 Å². The molecule has 4 rings (SSSR count). The van der Waals surface area contributed by atoms with Crippen LogP contribution in [0.5, 0.6) is 5.75 Å². The molecule has 33 heavy (non-hydrogen) atoms. The smallest absolute Gasteiger partial charge is 0.423 e. The zero-order valence-electron chi connectivity index (χ0n) is 19.4. The Kier molecular flexibility index (Phi) is 6.70. The van der Waals surface area contributed by atoms with Crippen LogP contribution in [0, 0.1) is 17.8 Å². The molecule has 2 aliphatic heterocycles. The first-order chi connectivity index (χ1) is 15.9. The maximum atomic E-state index is 13.0. The van der Waals surface area contributed by atoms with Crippen molar-refractivity contribution in [2.45, 2.75) is 52.1 Å². The summed E-state index contributed by atoms with van der Waals surface area (Å²) in [6, 6.07) is 7.27. The SMILES string of the molecule is CCC1=C2[C@@H](CC/C(=C/c3ccccc3O)CC)OC[C@@H]2[C@@H]2C(=O)N(C(=O)OC)C(=O)[C@@H]2C1. The summed E-state index contributed by atoms with van der Waals surface area (Å²) in [5.41, 5.74) is 4.32. The summed E-state index contributed by atoms with van der Waals surface area (Å²) >= 11 is 0. The quantitative estimate of drug-likeness (QED) is 0.505. The van der Waals surface area contributed by atoms with Crippen molar-refractivity contribution in [2.75, 3.05) is 13.7 Å². The van der Waals surface area contributed by atoms with Gasteiger partial charge in [-0.15, -0.1) is 0 Å². The van der Waals surface area contributed by atoms with Crippen LogP contribution in [0.4, 0.5) is 4.79 Å². The number of nitrogens with zero attached hydrogens (tertiary/aromatic N) is 1. The normalized spacial score (nSPS) is 27.1. The highest BCUT2D eigenvalue weighted by atomic mass is 16.5. The Labute approximate surface area is 194 Å². The zero-order chi connectivity index (χ0) is 23.7. The summed E-state index contributed by atoms with van der Waals surface area (Å²) in [6.07, 6.45) is 4.71. The number of benzene rings is 1. The van der Waals surface area contributed by atoms with E-state index in [4.69, 9.17) is 4.74 Å². The number of rotatable bonds is 6. The average molecular weight is 454 g/mol. The van der Waals surface area contributed by atoms with E-state index >= 15 is 0 Å². The van der Waals surface area contributed by atoms with Crippen LogP contribution < -0.4 is 0 Å². The number of carbonyl (C=O) groups excluding carboxylic acids is 3. The summed E-state index contributed by atoms with van der Waals surface area (Å²) in [5, 5.41) is 10.1. The van der Waals surface area contributed by atoms with E-state index in [1.165, 1.54) is 18.3 Å². The Bertz CT molecular complexity index is 1030. The van der Waals surface area contributed by atoms with Crippen molar-refractivity contribution in [3.8, 4) is 5.75 Å². The van der Waals surface area contributed by atoms with Gasteiger partial charge in [0.05, 0.1) is 31.7 Å². The Hall–Kier alpha value is -2.93. The summed E-state index contributed by atoms with van der Waals surface area (Å²) in [7, 11) is 1.18. The minimum atomic E-state index is -0.906. The van der Waals surface area contributed by atoms with Crippen molar-refractivity contribution >= 4 is 24.0 Å². The van der Waals surface area contributed by atoms with E-state index in [9.17, 15) is 19.5 Å². The minimum Gasteiger partial charge on any atom is -0.507 e. The number of imide groups is 3. The summed E-state index contributed by atoms with van der Waals surface area (Å²) in [6.45, 7) is 4.53. The van der Waals surface area contributed by atoms with Gasteiger partial charge in [-0.25, -0.2) is 4.79 Å². The number of amides is 3. The number of ether oxygens (including phenoxy) is 2. The van der Waals surface area contributed by atoms with Crippen LogP contribution in [0.1, 0.15) is 51.5 Å². The van der Waals surface area contributed by atoms with Gasteiger partial charge in [0.15, 0.2) is 0 Å². The third-order valence-electron chi connectivity index (χ3n) is 7.27.